The Labute approximate surface area is 199 Å². The largest absolute Gasteiger partial charge is 0.481 e. The molecule has 4 aromatic rings. The van der Waals surface area contributed by atoms with Crippen LogP contribution >= 0.6 is 22.9 Å². The number of thiophene rings is 1. The standard InChI is InChI=1S/C24H22ClN5O2S/c25-14-8-17-21(29-30-22(17)26-11-14)23-27-15(10-18(28-23)19-2-1-7-33-19)9-16-12-3-5-13(6-4-12)20(16)24(31)32/h1-2,7-8,10-13,16,20H,3-6,9H2,(H,31,32)(H,26,29,30). The predicted octanol–water partition coefficient (Wildman–Crippen LogP) is 5.48. The van der Waals surface area contributed by atoms with Crippen molar-refractivity contribution < 1.29 is 9.90 Å². The van der Waals surface area contributed by atoms with Crippen LogP contribution < -0.4 is 0 Å². The van der Waals surface area contributed by atoms with E-state index in [-0.39, 0.29) is 17.8 Å². The van der Waals surface area contributed by atoms with Crippen molar-refractivity contribution in [2.75, 3.05) is 0 Å². The highest BCUT2D eigenvalue weighted by atomic mass is 35.5. The van der Waals surface area contributed by atoms with E-state index in [1.165, 1.54) is 0 Å². The molecule has 7 nitrogen and oxygen atoms in total. The number of carboxylic acid groups (broad SMARTS) is 1. The van der Waals surface area contributed by atoms with Crippen molar-refractivity contribution >= 4 is 39.9 Å². The second kappa shape index (κ2) is 8.18. The summed E-state index contributed by atoms with van der Waals surface area (Å²) in [6.07, 6.45) is 6.49. The quantitative estimate of drug-likeness (QED) is 0.393. The zero-order chi connectivity index (χ0) is 22.5. The van der Waals surface area contributed by atoms with Crippen LogP contribution in [0, 0.1) is 23.7 Å². The Balaban J connectivity index is 1.45. The molecule has 2 unspecified atom stereocenters. The van der Waals surface area contributed by atoms with E-state index in [0.29, 0.717) is 34.5 Å². The third-order valence-corrected chi connectivity index (χ3v) is 8.37. The van der Waals surface area contributed by atoms with Gasteiger partial charge in [-0.15, -0.1) is 11.3 Å². The highest BCUT2D eigenvalue weighted by molar-refractivity contribution is 7.13. The van der Waals surface area contributed by atoms with Gasteiger partial charge in [0.15, 0.2) is 11.5 Å². The SMILES string of the molecule is O=C(O)C1C2CCC(CC2)C1Cc1cc(-c2cccs2)nc(-c2[nH]nc3ncc(Cl)cc23)n1. The van der Waals surface area contributed by atoms with Crippen LogP contribution in [-0.4, -0.2) is 36.2 Å². The van der Waals surface area contributed by atoms with Crippen LogP contribution in [0.15, 0.2) is 35.8 Å². The molecular weight excluding hydrogens is 458 g/mol. The number of fused-ring (bicyclic) bond motifs is 4. The van der Waals surface area contributed by atoms with Gasteiger partial charge in [-0.2, -0.15) is 5.10 Å². The summed E-state index contributed by atoms with van der Waals surface area (Å²) >= 11 is 7.81. The summed E-state index contributed by atoms with van der Waals surface area (Å²) in [4.78, 5) is 27.2. The molecule has 0 saturated heterocycles. The number of hydrogen-bond donors (Lipinski definition) is 2. The average molecular weight is 480 g/mol. The Morgan fingerprint density at radius 2 is 2.00 bits per heavy atom. The van der Waals surface area contributed by atoms with Crippen LogP contribution in [0.5, 0.6) is 0 Å². The average Bonchev–Trinajstić information content (AvgIpc) is 3.49. The predicted molar refractivity (Wildman–Crippen MR) is 127 cm³/mol. The van der Waals surface area contributed by atoms with Gasteiger partial charge in [0.25, 0.3) is 0 Å². The van der Waals surface area contributed by atoms with Crippen molar-refractivity contribution in [1.29, 1.82) is 0 Å². The monoisotopic (exact) mass is 479 g/mol. The number of pyridine rings is 1. The van der Waals surface area contributed by atoms with E-state index in [9.17, 15) is 9.90 Å². The number of carbonyl (C=O) groups is 1. The number of aromatic nitrogens is 5. The van der Waals surface area contributed by atoms with Gasteiger partial charge >= 0.3 is 5.97 Å². The van der Waals surface area contributed by atoms with Crippen LogP contribution in [-0.2, 0) is 11.2 Å². The Morgan fingerprint density at radius 3 is 2.76 bits per heavy atom. The van der Waals surface area contributed by atoms with E-state index in [1.54, 1.807) is 17.5 Å². The van der Waals surface area contributed by atoms with Crippen molar-refractivity contribution in [2.24, 2.45) is 23.7 Å². The van der Waals surface area contributed by atoms with E-state index in [0.717, 1.165) is 47.3 Å². The molecular formula is C24H22ClN5O2S. The second-order valence-corrected chi connectivity index (χ2v) is 10.5. The molecule has 3 fully saturated rings. The Kier molecular flexibility index (Phi) is 5.14. The molecule has 4 aromatic heterocycles. The number of carboxylic acids is 1. The molecule has 0 amide bonds. The topological polar surface area (TPSA) is 105 Å². The lowest BCUT2D eigenvalue weighted by atomic mass is 9.57. The number of aliphatic carboxylic acids is 1. The van der Waals surface area contributed by atoms with Crippen molar-refractivity contribution in [3.05, 3.63) is 46.6 Å². The van der Waals surface area contributed by atoms with Crippen LogP contribution in [0.4, 0.5) is 0 Å². The lowest BCUT2D eigenvalue weighted by Gasteiger charge is -2.46. The minimum absolute atomic E-state index is 0.101. The van der Waals surface area contributed by atoms with Crippen LogP contribution in [0.25, 0.3) is 33.1 Å². The molecule has 0 aliphatic heterocycles. The molecule has 2 N–H and O–H groups in total. The number of halogens is 1. The Bertz CT molecular complexity index is 1330. The maximum atomic E-state index is 12.2. The van der Waals surface area contributed by atoms with Crippen molar-refractivity contribution in [1.82, 2.24) is 25.1 Å². The Hall–Kier alpha value is -2.84. The lowest BCUT2D eigenvalue weighted by molar-refractivity contribution is -0.152. The molecule has 0 radical (unpaired) electrons. The van der Waals surface area contributed by atoms with Crippen molar-refractivity contribution in [3.8, 4) is 22.1 Å². The molecule has 4 heterocycles. The summed E-state index contributed by atoms with van der Waals surface area (Å²) in [5, 5.41) is 20.6. The van der Waals surface area contributed by atoms with Crippen LogP contribution in [0.2, 0.25) is 5.02 Å². The summed E-state index contributed by atoms with van der Waals surface area (Å²) in [6, 6.07) is 7.86. The molecule has 0 aromatic carbocycles. The van der Waals surface area contributed by atoms with E-state index in [4.69, 9.17) is 21.6 Å². The molecule has 9 heteroatoms. The molecule has 168 valence electrons. The van der Waals surface area contributed by atoms with Gasteiger partial charge < -0.3 is 5.11 Å². The molecule has 3 aliphatic carbocycles. The fraction of sp³-hybridized carbons (Fsp3) is 0.375. The van der Waals surface area contributed by atoms with E-state index in [2.05, 4.69) is 15.2 Å². The molecule has 0 spiro atoms. The first-order valence-corrected chi connectivity index (χ1v) is 12.5. The fourth-order valence-corrected chi connectivity index (χ4v) is 6.65. The first kappa shape index (κ1) is 20.7. The number of nitrogens with zero attached hydrogens (tertiary/aromatic N) is 4. The minimum atomic E-state index is -0.664. The van der Waals surface area contributed by atoms with E-state index in [1.807, 2.05) is 29.6 Å². The molecule has 3 aliphatic rings. The summed E-state index contributed by atoms with van der Waals surface area (Å²) in [6.45, 7) is 0. The molecule has 33 heavy (non-hydrogen) atoms. The van der Waals surface area contributed by atoms with E-state index >= 15 is 0 Å². The maximum absolute atomic E-state index is 12.2. The van der Waals surface area contributed by atoms with Crippen molar-refractivity contribution in [2.45, 2.75) is 32.1 Å². The second-order valence-electron chi connectivity index (χ2n) is 9.08. The molecule has 7 rings (SSSR count). The summed E-state index contributed by atoms with van der Waals surface area (Å²) in [5.74, 6) is 0.384. The third-order valence-electron chi connectivity index (χ3n) is 7.27. The third kappa shape index (κ3) is 3.71. The zero-order valence-corrected chi connectivity index (χ0v) is 19.3. The molecule has 3 saturated carbocycles. The van der Waals surface area contributed by atoms with Crippen molar-refractivity contribution in [3.63, 3.8) is 0 Å². The lowest BCUT2D eigenvalue weighted by Crippen LogP contribution is -2.45. The van der Waals surface area contributed by atoms with Gasteiger partial charge in [-0.25, -0.2) is 15.0 Å². The van der Waals surface area contributed by atoms with Gasteiger partial charge in [-0.1, -0.05) is 17.7 Å². The van der Waals surface area contributed by atoms with E-state index < -0.39 is 5.97 Å². The van der Waals surface area contributed by atoms with Gasteiger partial charge in [0.2, 0.25) is 0 Å². The smallest absolute Gasteiger partial charge is 0.307 e. The van der Waals surface area contributed by atoms with Gasteiger partial charge in [0.1, 0.15) is 5.69 Å². The normalized spacial score (nSPS) is 24.4. The highest BCUT2D eigenvalue weighted by Crippen LogP contribution is 2.50. The summed E-state index contributed by atoms with van der Waals surface area (Å²) in [5.41, 5.74) is 2.91. The molecule has 2 atom stereocenters. The van der Waals surface area contributed by atoms with Gasteiger partial charge in [0, 0.05) is 11.9 Å². The van der Waals surface area contributed by atoms with Gasteiger partial charge in [-0.05, 0) is 73.4 Å². The summed E-state index contributed by atoms with van der Waals surface area (Å²) < 4.78 is 0. The highest BCUT2D eigenvalue weighted by Gasteiger charge is 2.47. The summed E-state index contributed by atoms with van der Waals surface area (Å²) in [7, 11) is 0. The maximum Gasteiger partial charge on any atom is 0.307 e. The van der Waals surface area contributed by atoms with Gasteiger partial charge in [-0.3, -0.25) is 9.89 Å². The minimum Gasteiger partial charge on any atom is -0.481 e. The number of H-pyrrole nitrogens is 1. The van der Waals surface area contributed by atoms with Crippen LogP contribution in [0.3, 0.4) is 0 Å². The Morgan fingerprint density at radius 1 is 1.18 bits per heavy atom. The zero-order valence-electron chi connectivity index (χ0n) is 17.7. The van der Waals surface area contributed by atoms with Crippen LogP contribution in [0.1, 0.15) is 31.4 Å². The first-order chi connectivity index (χ1) is 16.1. The number of hydrogen-bond acceptors (Lipinski definition) is 6. The number of aromatic amines is 1. The number of nitrogens with one attached hydrogen (secondary N) is 1. The molecule has 2 bridgehead atoms. The van der Waals surface area contributed by atoms with Gasteiger partial charge in [0.05, 0.1) is 26.9 Å². The first-order valence-electron chi connectivity index (χ1n) is 11.2. The fourth-order valence-electron chi connectivity index (χ4n) is 5.80. The number of rotatable bonds is 5.